The second kappa shape index (κ2) is 64.4. The summed E-state index contributed by atoms with van der Waals surface area (Å²) in [6.45, 7) is 5.01. The first-order chi connectivity index (χ1) is 35.6. The number of nitrogens with one attached hydrogen (secondary N) is 1. The van der Waals surface area contributed by atoms with Crippen molar-refractivity contribution < 1.29 is 14.7 Å². The lowest BCUT2D eigenvalue weighted by Gasteiger charge is -2.12. The second-order valence-electron chi connectivity index (χ2n) is 23.8. The van der Waals surface area contributed by atoms with Crippen molar-refractivity contribution in [1.82, 2.24) is 5.32 Å². The summed E-state index contributed by atoms with van der Waals surface area (Å²) in [6, 6.07) is 0. The third kappa shape index (κ3) is 63.4. The van der Waals surface area contributed by atoms with Crippen LogP contribution in [0.5, 0.6) is 0 Å². The van der Waals surface area contributed by atoms with Crippen LogP contribution in [-0.2, 0) is 9.59 Å². The third-order valence-corrected chi connectivity index (χ3v) is 16.3. The Morgan fingerprint density at radius 1 is 0.264 bits per heavy atom. The van der Waals surface area contributed by atoms with Crippen molar-refractivity contribution in [3.05, 3.63) is 0 Å². The number of carbonyl (C=O) groups is 2. The van der Waals surface area contributed by atoms with Crippen LogP contribution < -0.4 is 5.32 Å². The van der Waals surface area contributed by atoms with Gasteiger partial charge in [-0.05, 0) is 25.7 Å². The molecule has 1 atom stereocenters. The fourth-order valence-electron chi connectivity index (χ4n) is 11.2. The van der Waals surface area contributed by atoms with Gasteiger partial charge in [-0.3, -0.25) is 9.59 Å². The molecule has 0 saturated heterocycles. The van der Waals surface area contributed by atoms with Crippen LogP contribution in [0.4, 0.5) is 0 Å². The summed E-state index contributed by atoms with van der Waals surface area (Å²) in [5, 5.41) is 13.3. The van der Waals surface area contributed by atoms with Gasteiger partial charge in [0, 0.05) is 25.8 Å². The average Bonchev–Trinajstić information content (AvgIpc) is 3.38. The largest absolute Gasteiger partial charge is 0.391 e. The van der Waals surface area contributed by atoms with E-state index in [1.165, 1.54) is 340 Å². The predicted molar refractivity (Wildman–Crippen MR) is 322 cm³/mol. The molecule has 0 aliphatic carbocycles. The molecule has 0 rings (SSSR count). The summed E-state index contributed by atoms with van der Waals surface area (Å²) in [7, 11) is 0. The van der Waals surface area contributed by atoms with Gasteiger partial charge < -0.3 is 10.4 Å². The molecular weight excluding hydrogens is 879 g/mol. The molecule has 0 aromatic rings. The number of hydrogen-bond donors (Lipinski definition) is 2. The maximum Gasteiger partial charge on any atom is 0.220 e. The Hall–Kier alpha value is -0.900. The standard InChI is InChI=1S/C68H135NO3/c1-3-5-7-9-11-13-15-17-19-31-34-38-41-45-49-53-57-61-66(70)62-58-54-50-46-42-39-35-32-29-27-25-23-21-20-22-24-26-28-30-33-36-40-44-48-52-56-60-64-68(72)69-65-67(71)63-59-55-51-47-43-37-18-16-14-12-10-8-6-4-2/h67,71H,3-65H2,1-2H3,(H,69,72)/t67-/m1/s1. The zero-order valence-electron chi connectivity index (χ0n) is 49.9. The van der Waals surface area contributed by atoms with E-state index in [0.29, 0.717) is 18.7 Å². The van der Waals surface area contributed by atoms with Gasteiger partial charge in [0.2, 0.25) is 5.91 Å². The first kappa shape index (κ1) is 71.1. The fraction of sp³-hybridized carbons (Fsp3) is 0.971. The van der Waals surface area contributed by atoms with Crippen LogP contribution in [0.3, 0.4) is 0 Å². The molecule has 430 valence electrons. The van der Waals surface area contributed by atoms with Crippen molar-refractivity contribution in [3.8, 4) is 0 Å². The van der Waals surface area contributed by atoms with Crippen molar-refractivity contribution in [2.45, 2.75) is 418 Å². The van der Waals surface area contributed by atoms with E-state index >= 15 is 0 Å². The van der Waals surface area contributed by atoms with Gasteiger partial charge in [0.1, 0.15) is 5.78 Å². The Kier molecular flexibility index (Phi) is 63.6. The summed E-state index contributed by atoms with van der Waals surface area (Å²) in [5.41, 5.74) is 0. The summed E-state index contributed by atoms with van der Waals surface area (Å²) in [4.78, 5) is 24.6. The van der Waals surface area contributed by atoms with Crippen LogP contribution in [0.1, 0.15) is 412 Å². The molecule has 0 aliphatic heterocycles. The molecule has 0 radical (unpaired) electrons. The van der Waals surface area contributed by atoms with Gasteiger partial charge >= 0.3 is 0 Å². The molecule has 0 fully saturated rings. The zero-order chi connectivity index (χ0) is 52.0. The second-order valence-corrected chi connectivity index (χ2v) is 23.8. The van der Waals surface area contributed by atoms with E-state index in [1.807, 2.05) is 0 Å². The average molecular weight is 1010 g/mol. The Morgan fingerprint density at radius 2 is 0.444 bits per heavy atom. The molecule has 72 heavy (non-hydrogen) atoms. The van der Waals surface area contributed by atoms with Gasteiger partial charge in [-0.15, -0.1) is 0 Å². The summed E-state index contributed by atoms with van der Waals surface area (Å²) < 4.78 is 0. The van der Waals surface area contributed by atoms with Gasteiger partial charge in [-0.2, -0.15) is 0 Å². The van der Waals surface area contributed by atoms with Crippen LogP contribution in [0.2, 0.25) is 0 Å². The Balaban J connectivity index is 3.22. The Bertz CT molecular complexity index is 1010. The molecule has 0 spiro atoms. The Labute approximate surface area is 454 Å². The van der Waals surface area contributed by atoms with E-state index < -0.39 is 6.10 Å². The maximum atomic E-state index is 12.3. The van der Waals surface area contributed by atoms with Gasteiger partial charge in [-0.1, -0.05) is 367 Å². The molecule has 2 N–H and O–H groups in total. The molecule has 4 nitrogen and oxygen atoms in total. The van der Waals surface area contributed by atoms with Crippen molar-refractivity contribution in [1.29, 1.82) is 0 Å². The summed E-state index contributed by atoms with van der Waals surface area (Å²) in [6.07, 6.45) is 82.2. The van der Waals surface area contributed by atoms with E-state index in [0.717, 1.165) is 51.4 Å². The van der Waals surface area contributed by atoms with Gasteiger partial charge in [-0.25, -0.2) is 0 Å². The fourth-order valence-corrected chi connectivity index (χ4v) is 11.2. The molecule has 1 amide bonds. The maximum absolute atomic E-state index is 12.3. The normalized spacial score (nSPS) is 12.0. The van der Waals surface area contributed by atoms with Gasteiger partial charge in [0.05, 0.1) is 6.10 Å². The lowest BCUT2D eigenvalue weighted by molar-refractivity contribution is -0.121. The summed E-state index contributed by atoms with van der Waals surface area (Å²) >= 11 is 0. The molecular formula is C68H135NO3. The van der Waals surface area contributed by atoms with Crippen molar-refractivity contribution in [2.75, 3.05) is 6.54 Å². The first-order valence-corrected chi connectivity index (χ1v) is 34.1. The van der Waals surface area contributed by atoms with E-state index in [1.54, 1.807) is 0 Å². The van der Waals surface area contributed by atoms with Crippen LogP contribution in [0.25, 0.3) is 0 Å². The molecule has 0 aromatic heterocycles. The minimum Gasteiger partial charge on any atom is -0.391 e. The van der Waals surface area contributed by atoms with Gasteiger partial charge in [0.25, 0.3) is 0 Å². The van der Waals surface area contributed by atoms with Crippen LogP contribution in [0, 0.1) is 0 Å². The molecule has 0 heterocycles. The van der Waals surface area contributed by atoms with Crippen LogP contribution >= 0.6 is 0 Å². The van der Waals surface area contributed by atoms with E-state index in [9.17, 15) is 14.7 Å². The molecule has 0 aromatic carbocycles. The highest BCUT2D eigenvalue weighted by Crippen LogP contribution is 2.19. The Morgan fingerprint density at radius 3 is 0.667 bits per heavy atom. The number of aliphatic hydroxyl groups excluding tert-OH is 1. The van der Waals surface area contributed by atoms with Crippen LogP contribution in [-0.4, -0.2) is 29.4 Å². The number of hydrogen-bond acceptors (Lipinski definition) is 3. The lowest BCUT2D eigenvalue weighted by atomic mass is 10.0. The van der Waals surface area contributed by atoms with E-state index in [-0.39, 0.29) is 5.91 Å². The number of aliphatic hydroxyl groups is 1. The number of carbonyl (C=O) groups excluding carboxylic acids is 2. The lowest BCUT2D eigenvalue weighted by Crippen LogP contribution is -2.31. The van der Waals surface area contributed by atoms with Gasteiger partial charge in [0.15, 0.2) is 0 Å². The quantitative estimate of drug-likeness (QED) is 0.0597. The van der Waals surface area contributed by atoms with Crippen molar-refractivity contribution >= 4 is 11.7 Å². The number of amides is 1. The summed E-state index contributed by atoms with van der Waals surface area (Å²) in [5.74, 6) is 0.643. The SMILES string of the molecule is CCCCCCCCCCCCCCCCCCCC(=O)CCCCCCCCCCCCCCCCCCCCCCCCCCCCCC(=O)NC[C@H](O)CCCCCCCCCCCCCCCC. The first-order valence-electron chi connectivity index (χ1n) is 34.1. The number of rotatable bonds is 65. The molecule has 0 bridgehead atoms. The smallest absolute Gasteiger partial charge is 0.220 e. The van der Waals surface area contributed by atoms with E-state index in [2.05, 4.69) is 19.2 Å². The highest BCUT2D eigenvalue weighted by atomic mass is 16.3. The minimum absolute atomic E-state index is 0.117. The van der Waals surface area contributed by atoms with E-state index in [4.69, 9.17) is 0 Å². The van der Waals surface area contributed by atoms with Crippen molar-refractivity contribution in [3.63, 3.8) is 0 Å². The monoisotopic (exact) mass is 1010 g/mol. The number of unbranched alkanes of at least 4 members (excludes halogenated alkanes) is 55. The molecule has 4 heteroatoms. The molecule has 0 saturated carbocycles. The molecule has 0 unspecified atom stereocenters. The van der Waals surface area contributed by atoms with Crippen LogP contribution in [0.15, 0.2) is 0 Å². The highest BCUT2D eigenvalue weighted by Gasteiger charge is 2.08. The number of ketones is 1. The predicted octanol–water partition coefficient (Wildman–Crippen LogP) is 23.3. The molecule has 0 aliphatic rings. The van der Waals surface area contributed by atoms with Crippen molar-refractivity contribution in [2.24, 2.45) is 0 Å². The highest BCUT2D eigenvalue weighted by molar-refractivity contribution is 5.78. The zero-order valence-corrected chi connectivity index (χ0v) is 49.9. The number of Topliss-reactive ketones (excluding diaryl/α,β-unsaturated/α-hetero) is 1. The minimum atomic E-state index is -0.391. The topological polar surface area (TPSA) is 66.4 Å². The third-order valence-electron chi connectivity index (χ3n) is 16.3.